The van der Waals surface area contributed by atoms with E-state index in [1.807, 2.05) is 30.3 Å². The Morgan fingerprint density at radius 2 is 1.56 bits per heavy atom. The molecule has 0 heterocycles. The molecule has 2 aromatic carbocycles. The van der Waals surface area contributed by atoms with Crippen LogP contribution in [0, 0.1) is 20.8 Å². The van der Waals surface area contributed by atoms with E-state index in [1.54, 1.807) is 0 Å². The first kappa shape index (κ1) is 21.4. The van der Waals surface area contributed by atoms with Gasteiger partial charge in [-0.2, -0.15) is 41.0 Å². The van der Waals surface area contributed by atoms with Gasteiger partial charge in [0.15, 0.2) is 0 Å². The minimum atomic E-state index is 0. The monoisotopic (exact) mass is 332 g/mol. The molecule has 0 aliphatic rings. The molecule has 0 unspecified atom stereocenters. The van der Waals surface area contributed by atoms with Crippen LogP contribution in [0.1, 0.15) is 16.7 Å². The molecule has 0 aromatic heterocycles. The van der Waals surface area contributed by atoms with Crippen molar-refractivity contribution in [2.24, 2.45) is 0 Å². The Bertz CT molecular complexity index is 300. The topological polar surface area (TPSA) is 0 Å². The first-order valence-corrected chi connectivity index (χ1v) is 4.58. The van der Waals surface area contributed by atoms with Crippen molar-refractivity contribution in [1.29, 1.82) is 0 Å². The molecule has 0 nitrogen and oxygen atoms in total. The standard InChI is InChI=1S/C8H11.C5H5.2ClH.Zr/c1-6-4-5-7(2)8(6)3;1-2-4-5-3-1;;;/h4-5H,1-3H3;1-5H;2*1H;/q2*-1;;;+4/p-2. The van der Waals surface area contributed by atoms with Crippen LogP contribution < -0.4 is 24.8 Å². The molecular weight excluding hydrogens is 318 g/mol. The van der Waals surface area contributed by atoms with Crippen molar-refractivity contribution >= 4 is 0 Å². The molecule has 86 valence electrons. The van der Waals surface area contributed by atoms with Crippen LogP contribution in [0.3, 0.4) is 0 Å². The van der Waals surface area contributed by atoms with Crippen LogP contribution in [0.4, 0.5) is 0 Å². The zero-order chi connectivity index (χ0) is 9.68. The largest absolute Gasteiger partial charge is 4.00 e. The molecule has 0 radical (unpaired) electrons. The summed E-state index contributed by atoms with van der Waals surface area (Å²) in [6.45, 7) is 6.44. The second kappa shape index (κ2) is 11.6. The number of aryl methyl sites for hydroxylation is 2. The third-order valence-corrected chi connectivity index (χ3v) is 2.32. The van der Waals surface area contributed by atoms with Gasteiger partial charge in [-0.15, -0.1) is 0 Å². The van der Waals surface area contributed by atoms with Crippen LogP contribution in [-0.4, -0.2) is 0 Å². The van der Waals surface area contributed by atoms with E-state index in [0.717, 1.165) is 0 Å². The van der Waals surface area contributed by atoms with Crippen molar-refractivity contribution in [3.8, 4) is 0 Å². The van der Waals surface area contributed by atoms with E-state index in [1.165, 1.54) is 16.7 Å². The van der Waals surface area contributed by atoms with Gasteiger partial charge >= 0.3 is 26.2 Å². The van der Waals surface area contributed by atoms with Gasteiger partial charge in [-0.05, 0) is 0 Å². The molecule has 0 aliphatic carbocycles. The molecule has 16 heavy (non-hydrogen) atoms. The van der Waals surface area contributed by atoms with Crippen molar-refractivity contribution in [2.75, 3.05) is 0 Å². The summed E-state index contributed by atoms with van der Waals surface area (Å²) in [4.78, 5) is 0. The number of halogens is 2. The fourth-order valence-electron chi connectivity index (χ4n) is 1.13. The van der Waals surface area contributed by atoms with Gasteiger partial charge < -0.3 is 24.8 Å². The Hall–Kier alpha value is 0.163. The SMILES string of the molecule is Cc1cc[c-](C)c1C.[Cl-].[Cl-].[Zr+4].c1cc[cH-]c1. The van der Waals surface area contributed by atoms with Crippen LogP contribution in [0.5, 0.6) is 0 Å². The van der Waals surface area contributed by atoms with Crippen molar-refractivity contribution in [3.05, 3.63) is 59.2 Å². The zero-order valence-electron chi connectivity index (χ0n) is 9.80. The number of hydrogen-bond donors (Lipinski definition) is 0. The van der Waals surface area contributed by atoms with Crippen LogP contribution in [0.15, 0.2) is 42.5 Å². The Balaban J connectivity index is -0.000000189. The van der Waals surface area contributed by atoms with E-state index in [-0.39, 0.29) is 51.0 Å². The normalized spacial score (nSPS) is 7.44. The van der Waals surface area contributed by atoms with E-state index in [9.17, 15) is 0 Å². The van der Waals surface area contributed by atoms with Crippen LogP contribution in [-0.2, 0) is 26.2 Å². The van der Waals surface area contributed by atoms with Gasteiger partial charge in [-0.25, -0.2) is 18.2 Å². The fourth-order valence-corrected chi connectivity index (χ4v) is 1.13. The average Bonchev–Trinajstić information content (AvgIpc) is 2.75. The van der Waals surface area contributed by atoms with Gasteiger partial charge in [0.05, 0.1) is 0 Å². The van der Waals surface area contributed by atoms with Crippen LogP contribution in [0.25, 0.3) is 0 Å². The van der Waals surface area contributed by atoms with E-state index >= 15 is 0 Å². The summed E-state index contributed by atoms with van der Waals surface area (Å²) in [6, 6.07) is 14.3. The second-order valence-electron chi connectivity index (χ2n) is 3.29. The fraction of sp³-hybridized carbons (Fsp3) is 0.231. The van der Waals surface area contributed by atoms with Gasteiger partial charge in [0, 0.05) is 0 Å². The van der Waals surface area contributed by atoms with Crippen LogP contribution in [0.2, 0.25) is 0 Å². The summed E-state index contributed by atoms with van der Waals surface area (Å²) in [7, 11) is 0. The van der Waals surface area contributed by atoms with Crippen molar-refractivity contribution in [3.63, 3.8) is 0 Å². The quantitative estimate of drug-likeness (QED) is 0.477. The van der Waals surface area contributed by atoms with Gasteiger partial charge in [0.25, 0.3) is 0 Å². The van der Waals surface area contributed by atoms with E-state index < -0.39 is 0 Å². The van der Waals surface area contributed by atoms with Crippen molar-refractivity contribution in [2.45, 2.75) is 20.8 Å². The molecule has 0 spiro atoms. The molecule has 0 saturated carbocycles. The summed E-state index contributed by atoms with van der Waals surface area (Å²) in [5.74, 6) is 0. The summed E-state index contributed by atoms with van der Waals surface area (Å²) in [6.07, 6.45) is 0. The molecule has 0 N–H and O–H groups in total. The van der Waals surface area contributed by atoms with E-state index in [2.05, 4.69) is 32.9 Å². The maximum atomic E-state index is 2.16. The van der Waals surface area contributed by atoms with Gasteiger partial charge in [0.1, 0.15) is 0 Å². The van der Waals surface area contributed by atoms with E-state index in [0.29, 0.717) is 0 Å². The van der Waals surface area contributed by atoms with E-state index in [4.69, 9.17) is 0 Å². The molecule has 2 rings (SSSR count). The molecule has 0 aliphatic heterocycles. The molecular formula is C13H16Cl2Zr. The smallest absolute Gasteiger partial charge is 1.00 e. The van der Waals surface area contributed by atoms with Crippen LogP contribution >= 0.6 is 0 Å². The molecule has 3 heteroatoms. The summed E-state index contributed by atoms with van der Waals surface area (Å²) in [5.41, 5.74) is 4.25. The predicted molar refractivity (Wildman–Crippen MR) is 58.3 cm³/mol. The summed E-state index contributed by atoms with van der Waals surface area (Å²) in [5, 5.41) is 0. The first-order chi connectivity index (χ1) is 6.22. The minimum absolute atomic E-state index is 0. The second-order valence-corrected chi connectivity index (χ2v) is 3.29. The Labute approximate surface area is 130 Å². The maximum absolute atomic E-state index is 2.16. The molecule has 0 saturated heterocycles. The molecule has 0 amide bonds. The Morgan fingerprint density at radius 1 is 1.06 bits per heavy atom. The third kappa shape index (κ3) is 7.44. The predicted octanol–water partition coefficient (Wildman–Crippen LogP) is -2.26. The average molecular weight is 334 g/mol. The number of rotatable bonds is 0. The Kier molecular flexibility index (Phi) is 15.6. The maximum Gasteiger partial charge on any atom is 4.00 e. The zero-order valence-corrected chi connectivity index (χ0v) is 13.8. The third-order valence-electron chi connectivity index (χ3n) is 2.32. The minimum Gasteiger partial charge on any atom is -1.00 e. The van der Waals surface area contributed by atoms with Crippen molar-refractivity contribution < 1.29 is 51.0 Å². The molecule has 0 atom stereocenters. The first-order valence-electron chi connectivity index (χ1n) is 4.58. The summed E-state index contributed by atoms with van der Waals surface area (Å²) < 4.78 is 0. The molecule has 0 bridgehead atoms. The summed E-state index contributed by atoms with van der Waals surface area (Å²) >= 11 is 0. The molecule has 0 fully saturated rings. The van der Waals surface area contributed by atoms with Gasteiger partial charge in [0.2, 0.25) is 0 Å². The van der Waals surface area contributed by atoms with Gasteiger partial charge in [-0.1, -0.05) is 20.8 Å². The number of hydrogen-bond acceptors (Lipinski definition) is 0. The molecule has 2 aromatic rings. The van der Waals surface area contributed by atoms with Crippen molar-refractivity contribution in [1.82, 2.24) is 0 Å². The Morgan fingerprint density at radius 3 is 1.69 bits per heavy atom. The van der Waals surface area contributed by atoms with Gasteiger partial charge in [-0.3, -0.25) is 0 Å².